The molecule has 0 bridgehead atoms. The number of hydrogen-bond acceptors (Lipinski definition) is 5. The summed E-state index contributed by atoms with van der Waals surface area (Å²) in [6.07, 6.45) is 3.82. The van der Waals surface area contributed by atoms with Gasteiger partial charge in [0.15, 0.2) is 5.69 Å². The van der Waals surface area contributed by atoms with Crippen LogP contribution in [0.3, 0.4) is 0 Å². The molecule has 6 nitrogen and oxygen atoms in total. The zero-order chi connectivity index (χ0) is 13.0. The summed E-state index contributed by atoms with van der Waals surface area (Å²) in [6, 6.07) is 0.328. The summed E-state index contributed by atoms with van der Waals surface area (Å²) in [5.74, 6) is -0.357. The molecular formula is C12H17N3O3. The topological polar surface area (TPSA) is 84.3 Å². The van der Waals surface area contributed by atoms with Crippen LogP contribution < -0.4 is 5.32 Å². The zero-order valence-electron chi connectivity index (χ0n) is 10.3. The van der Waals surface area contributed by atoms with Gasteiger partial charge in [-0.05, 0) is 19.3 Å². The Hall–Kier alpha value is -1.69. The highest BCUT2D eigenvalue weighted by molar-refractivity contribution is 5.85. The Morgan fingerprint density at radius 2 is 2.28 bits per heavy atom. The molecule has 2 rings (SSSR count). The normalized spacial score (nSPS) is 16.5. The molecule has 1 fully saturated rings. The predicted octanol–water partition coefficient (Wildman–Crippen LogP) is 1.33. The lowest BCUT2D eigenvalue weighted by molar-refractivity contribution is 0.0689. The Labute approximate surface area is 105 Å². The van der Waals surface area contributed by atoms with Crippen molar-refractivity contribution in [3.05, 3.63) is 17.6 Å². The molecule has 0 aliphatic carbocycles. The Morgan fingerprint density at radius 1 is 1.56 bits per heavy atom. The number of hydrogen-bond donors (Lipinski definition) is 2. The molecule has 18 heavy (non-hydrogen) atoms. The first-order valence-corrected chi connectivity index (χ1v) is 6.14. The number of ether oxygens (including phenoxy) is 1. The van der Waals surface area contributed by atoms with Crippen LogP contribution in [-0.2, 0) is 11.2 Å². The molecule has 2 heterocycles. The molecule has 0 saturated carbocycles. The van der Waals surface area contributed by atoms with Crippen molar-refractivity contribution in [1.29, 1.82) is 0 Å². The van der Waals surface area contributed by atoms with Gasteiger partial charge in [0.25, 0.3) is 0 Å². The average molecular weight is 251 g/mol. The van der Waals surface area contributed by atoms with Gasteiger partial charge in [-0.3, -0.25) is 0 Å². The van der Waals surface area contributed by atoms with E-state index < -0.39 is 5.97 Å². The second kappa shape index (κ2) is 5.77. The molecule has 1 saturated heterocycles. The van der Waals surface area contributed by atoms with Gasteiger partial charge < -0.3 is 15.2 Å². The van der Waals surface area contributed by atoms with E-state index in [9.17, 15) is 4.79 Å². The minimum atomic E-state index is -1.05. The van der Waals surface area contributed by atoms with Crippen LogP contribution in [0, 0.1) is 0 Å². The van der Waals surface area contributed by atoms with Crippen molar-refractivity contribution in [2.45, 2.75) is 32.2 Å². The lowest BCUT2D eigenvalue weighted by Gasteiger charge is -2.24. The molecular weight excluding hydrogens is 234 g/mol. The number of rotatable bonds is 4. The largest absolute Gasteiger partial charge is 0.476 e. The average Bonchev–Trinajstić information content (AvgIpc) is 2.40. The summed E-state index contributed by atoms with van der Waals surface area (Å²) in [5.41, 5.74) is 0.686. The van der Waals surface area contributed by atoms with Gasteiger partial charge in [-0.25, -0.2) is 14.8 Å². The number of carboxylic acid groups (broad SMARTS) is 1. The SMILES string of the molecule is CCc1nc(C(=O)O)cnc1NC1CCOCC1. The molecule has 1 aromatic rings. The van der Waals surface area contributed by atoms with Crippen molar-refractivity contribution in [1.82, 2.24) is 9.97 Å². The third-order valence-electron chi connectivity index (χ3n) is 2.96. The van der Waals surface area contributed by atoms with E-state index in [2.05, 4.69) is 15.3 Å². The second-order valence-electron chi connectivity index (χ2n) is 4.24. The van der Waals surface area contributed by atoms with Crippen molar-refractivity contribution < 1.29 is 14.6 Å². The summed E-state index contributed by atoms with van der Waals surface area (Å²) in [4.78, 5) is 19.1. The number of carboxylic acids is 1. The Balaban J connectivity index is 2.13. The summed E-state index contributed by atoms with van der Waals surface area (Å²) < 4.78 is 5.29. The third-order valence-corrected chi connectivity index (χ3v) is 2.96. The summed E-state index contributed by atoms with van der Waals surface area (Å²) >= 11 is 0. The lowest BCUT2D eigenvalue weighted by Crippen LogP contribution is -2.29. The summed E-state index contributed by atoms with van der Waals surface area (Å²) in [7, 11) is 0. The molecule has 1 aromatic heterocycles. The number of aromatic nitrogens is 2. The van der Waals surface area contributed by atoms with E-state index in [4.69, 9.17) is 9.84 Å². The highest BCUT2D eigenvalue weighted by atomic mass is 16.5. The molecule has 0 unspecified atom stereocenters. The van der Waals surface area contributed by atoms with Crippen LogP contribution in [0.4, 0.5) is 5.82 Å². The van der Waals surface area contributed by atoms with Crippen molar-refractivity contribution >= 4 is 11.8 Å². The Kier molecular flexibility index (Phi) is 4.09. The zero-order valence-corrected chi connectivity index (χ0v) is 10.3. The maximum absolute atomic E-state index is 10.8. The van der Waals surface area contributed by atoms with Gasteiger partial charge in [0, 0.05) is 19.3 Å². The Bertz CT molecular complexity index is 431. The fraction of sp³-hybridized carbons (Fsp3) is 0.583. The van der Waals surface area contributed by atoms with Crippen LogP contribution in [0.25, 0.3) is 0 Å². The van der Waals surface area contributed by atoms with Crippen molar-refractivity contribution in [2.24, 2.45) is 0 Å². The van der Waals surface area contributed by atoms with Crippen LogP contribution >= 0.6 is 0 Å². The highest BCUT2D eigenvalue weighted by Gasteiger charge is 2.17. The molecule has 6 heteroatoms. The maximum Gasteiger partial charge on any atom is 0.356 e. The summed E-state index contributed by atoms with van der Waals surface area (Å²) in [6.45, 7) is 3.43. The number of carbonyl (C=O) groups is 1. The van der Waals surface area contributed by atoms with Gasteiger partial charge in [0.05, 0.1) is 11.9 Å². The molecule has 0 atom stereocenters. The van der Waals surface area contributed by atoms with Gasteiger partial charge in [0.2, 0.25) is 0 Å². The highest BCUT2D eigenvalue weighted by Crippen LogP contribution is 2.16. The van der Waals surface area contributed by atoms with E-state index >= 15 is 0 Å². The minimum absolute atomic E-state index is 0.00984. The molecule has 2 N–H and O–H groups in total. The molecule has 0 spiro atoms. The number of aromatic carboxylic acids is 1. The molecule has 98 valence electrons. The number of aryl methyl sites for hydroxylation is 1. The van der Waals surface area contributed by atoms with E-state index in [1.165, 1.54) is 6.20 Å². The predicted molar refractivity (Wildman–Crippen MR) is 65.8 cm³/mol. The van der Waals surface area contributed by atoms with Gasteiger partial charge in [0.1, 0.15) is 5.82 Å². The quantitative estimate of drug-likeness (QED) is 0.839. The molecule has 1 aliphatic rings. The molecule has 0 radical (unpaired) electrons. The third kappa shape index (κ3) is 2.95. The summed E-state index contributed by atoms with van der Waals surface area (Å²) in [5, 5.41) is 12.2. The van der Waals surface area contributed by atoms with Gasteiger partial charge in [-0.15, -0.1) is 0 Å². The first-order chi connectivity index (χ1) is 8.70. The number of anilines is 1. The van der Waals surface area contributed by atoms with Crippen molar-refractivity contribution in [3.8, 4) is 0 Å². The van der Waals surface area contributed by atoms with Gasteiger partial charge in [-0.2, -0.15) is 0 Å². The second-order valence-corrected chi connectivity index (χ2v) is 4.24. The van der Waals surface area contributed by atoms with Crippen LogP contribution in [0.2, 0.25) is 0 Å². The molecule has 1 aliphatic heterocycles. The number of nitrogens with one attached hydrogen (secondary N) is 1. The van der Waals surface area contributed by atoms with Crippen LogP contribution in [0.5, 0.6) is 0 Å². The van der Waals surface area contributed by atoms with E-state index in [-0.39, 0.29) is 5.69 Å². The first-order valence-electron chi connectivity index (χ1n) is 6.14. The lowest BCUT2D eigenvalue weighted by atomic mass is 10.1. The van der Waals surface area contributed by atoms with E-state index in [0.717, 1.165) is 26.1 Å². The van der Waals surface area contributed by atoms with Crippen LogP contribution in [0.1, 0.15) is 35.9 Å². The molecule has 0 amide bonds. The standard InChI is InChI=1S/C12H17N3O3/c1-2-9-11(13-7-10(15-9)12(16)17)14-8-3-5-18-6-4-8/h7-8H,2-6H2,1H3,(H,13,14)(H,16,17). The monoisotopic (exact) mass is 251 g/mol. The van der Waals surface area contributed by atoms with E-state index in [1.807, 2.05) is 6.92 Å². The maximum atomic E-state index is 10.8. The van der Waals surface area contributed by atoms with Crippen molar-refractivity contribution in [2.75, 3.05) is 18.5 Å². The minimum Gasteiger partial charge on any atom is -0.476 e. The number of nitrogens with zero attached hydrogens (tertiary/aromatic N) is 2. The van der Waals surface area contributed by atoms with Crippen molar-refractivity contribution in [3.63, 3.8) is 0 Å². The van der Waals surface area contributed by atoms with Crippen LogP contribution in [-0.4, -0.2) is 40.3 Å². The Morgan fingerprint density at radius 3 is 2.89 bits per heavy atom. The van der Waals surface area contributed by atoms with E-state index in [1.54, 1.807) is 0 Å². The molecule has 0 aromatic carbocycles. The van der Waals surface area contributed by atoms with Gasteiger partial charge in [-0.1, -0.05) is 6.92 Å². The fourth-order valence-electron chi connectivity index (χ4n) is 1.93. The van der Waals surface area contributed by atoms with Crippen LogP contribution in [0.15, 0.2) is 6.20 Å². The van der Waals surface area contributed by atoms with Gasteiger partial charge >= 0.3 is 5.97 Å². The fourth-order valence-corrected chi connectivity index (χ4v) is 1.93. The first kappa shape index (κ1) is 12.8. The smallest absolute Gasteiger partial charge is 0.356 e. The van der Waals surface area contributed by atoms with E-state index in [0.29, 0.717) is 24.0 Å².